The van der Waals surface area contributed by atoms with Crippen molar-refractivity contribution < 1.29 is 13.2 Å². The van der Waals surface area contributed by atoms with Crippen molar-refractivity contribution in [3.05, 3.63) is 81.8 Å². The van der Waals surface area contributed by atoms with Gasteiger partial charge in [0, 0.05) is 0 Å². The van der Waals surface area contributed by atoms with Crippen LogP contribution in [-0.4, -0.2) is 19.3 Å². The van der Waals surface area contributed by atoms with Crippen molar-refractivity contribution in [2.24, 2.45) is 0 Å². The number of halogens is 2. The second-order valence-electron chi connectivity index (χ2n) is 6.65. The Bertz CT molecular complexity index is 1400. The van der Waals surface area contributed by atoms with Crippen LogP contribution in [0.25, 0.3) is 10.2 Å². The average molecular weight is 492 g/mol. The Kier molecular flexibility index (Phi) is 5.90. The maximum Gasteiger partial charge on any atom is 0.261 e. The van der Waals surface area contributed by atoms with Crippen LogP contribution < -0.4 is 10.0 Å². The molecule has 0 fully saturated rings. The molecule has 0 spiro atoms. The van der Waals surface area contributed by atoms with Crippen LogP contribution in [0.15, 0.2) is 65.6 Å². The number of thiazole rings is 1. The number of sulfonamides is 1. The van der Waals surface area contributed by atoms with Gasteiger partial charge in [-0.1, -0.05) is 64.4 Å². The first-order valence-corrected chi connectivity index (χ1v) is 12.0. The SMILES string of the molecule is Cc1ccc(S(=O)(=O)Nc2ccccc2C(=O)Nc2nc3c(Cl)c(Cl)ccc3s2)cc1. The molecule has 0 bridgehead atoms. The molecule has 3 aromatic carbocycles. The number of nitrogens with one attached hydrogen (secondary N) is 2. The van der Waals surface area contributed by atoms with Crippen LogP contribution in [0.4, 0.5) is 10.8 Å². The third-order valence-corrected chi connectivity index (χ3v) is 7.53. The standard InChI is InChI=1S/C21H15Cl2N3O3S2/c1-12-6-8-13(9-7-12)31(28,29)26-16-5-3-2-4-14(16)20(27)25-21-24-19-17(30-21)11-10-15(22)18(19)23/h2-11,26H,1H3,(H,24,25,27). The van der Waals surface area contributed by atoms with Gasteiger partial charge in [0.2, 0.25) is 0 Å². The van der Waals surface area contributed by atoms with Crippen molar-refractivity contribution in [3.8, 4) is 0 Å². The Balaban J connectivity index is 1.61. The number of rotatable bonds is 5. The van der Waals surface area contributed by atoms with E-state index in [1.54, 1.807) is 36.4 Å². The smallest absolute Gasteiger partial charge is 0.261 e. The third kappa shape index (κ3) is 4.52. The third-order valence-electron chi connectivity index (χ3n) is 4.42. The molecule has 1 aromatic heterocycles. The Morgan fingerprint density at radius 3 is 2.45 bits per heavy atom. The molecule has 4 aromatic rings. The summed E-state index contributed by atoms with van der Waals surface area (Å²) in [5.74, 6) is -0.511. The number of para-hydroxylation sites is 1. The molecule has 31 heavy (non-hydrogen) atoms. The highest BCUT2D eigenvalue weighted by atomic mass is 35.5. The molecule has 0 aliphatic heterocycles. The van der Waals surface area contributed by atoms with Crippen LogP contribution >= 0.6 is 34.5 Å². The van der Waals surface area contributed by atoms with Gasteiger partial charge in [0.1, 0.15) is 5.52 Å². The summed E-state index contributed by atoms with van der Waals surface area (Å²) < 4.78 is 28.8. The molecule has 0 atom stereocenters. The number of hydrogen-bond acceptors (Lipinski definition) is 5. The minimum absolute atomic E-state index is 0.103. The van der Waals surface area contributed by atoms with E-state index in [1.165, 1.54) is 35.6 Å². The number of nitrogens with zero attached hydrogens (tertiary/aromatic N) is 1. The van der Waals surface area contributed by atoms with Gasteiger partial charge in [-0.25, -0.2) is 13.4 Å². The minimum Gasteiger partial charge on any atom is -0.298 e. The summed E-state index contributed by atoms with van der Waals surface area (Å²) in [5.41, 5.74) is 1.74. The number of anilines is 2. The first-order valence-electron chi connectivity index (χ1n) is 8.99. The molecule has 0 aliphatic carbocycles. The van der Waals surface area contributed by atoms with Gasteiger partial charge in [-0.15, -0.1) is 0 Å². The molecule has 0 unspecified atom stereocenters. The lowest BCUT2D eigenvalue weighted by Gasteiger charge is -2.12. The van der Waals surface area contributed by atoms with Crippen LogP contribution in [-0.2, 0) is 10.0 Å². The van der Waals surface area contributed by atoms with Gasteiger partial charge < -0.3 is 0 Å². The summed E-state index contributed by atoms with van der Waals surface area (Å²) in [5, 5.41) is 3.70. The van der Waals surface area contributed by atoms with Crippen molar-refractivity contribution in [3.63, 3.8) is 0 Å². The monoisotopic (exact) mass is 491 g/mol. The average Bonchev–Trinajstić information content (AvgIpc) is 3.14. The normalized spacial score (nSPS) is 11.5. The molecule has 158 valence electrons. The quantitative estimate of drug-likeness (QED) is 0.360. The number of carbonyl (C=O) groups excluding carboxylic acids is 1. The zero-order valence-electron chi connectivity index (χ0n) is 16.0. The van der Waals surface area contributed by atoms with Crippen molar-refractivity contribution >= 4 is 71.5 Å². The number of benzene rings is 3. The minimum atomic E-state index is -3.86. The Morgan fingerprint density at radius 2 is 1.71 bits per heavy atom. The van der Waals surface area contributed by atoms with E-state index in [2.05, 4.69) is 15.0 Å². The summed E-state index contributed by atoms with van der Waals surface area (Å²) in [4.78, 5) is 17.3. The van der Waals surface area contributed by atoms with Crippen LogP contribution in [0.5, 0.6) is 0 Å². The Labute approximate surface area is 192 Å². The van der Waals surface area contributed by atoms with Crippen LogP contribution in [0.1, 0.15) is 15.9 Å². The van der Waals surface area contributed by atoms with E-state index >= 15 is 0 Å². The van der Waals surface area contributed by atoms with Gasteiger partial charge >= 0.3 is 0 Å². The molecule has 1 amide bonds. The van der Waals surface area contributed by atoms with Crippen LogP contribution in [0.2, 0.25) is 10.0 Å². The number of carbonyl (C=O) groups is 1. The number of amides is 1. The van der Waals surface area contributed by atoms with E-state index in [9.17, 15) is 13.2 Å². The van der Waals surface area contributed by atoms with Crippen molar-refractivity contribution in [1.82, 2.24) is 4.98 Å². The summed E-state index contributed by atoms with van der Waals surface area (Å²) in [6.45, 7) is 1.87. The molecule has 0 saturated heterocycles. The fourth-order valence-electron chi connectivity index (χ4n) is 2.85. The summed E-state index contributed by atoms with van der Waals surface area (Å²) in [6, 6.07) is 16.2. The molecule has 2 N–H and O–H groups in total. The first-order chi connectivity index (χ1) is 14.7. The van der Waals surface area contributed by atoms with Crippen molar-refractivity contribution in [2.75, 3.05) is 10.0 Å². The number of aromatic nitrogens is 1. The second kappa shape index (κ2) is 8.47. The topological polar surface area (TPSA) is 88.2 Å². The van der Waals surface area contributed by atoms with Crippen molar-refractivity contribution in [1.29, 1.82) is 0 Å². The van der Waals surface area contributed by atoms with Gasteiger partial charge in [0.05, 0.1) is 30.9 Å². The van der Waals surface area contributed by atoms with E-state index in [1.807, 2.05) is 6.92 Å². The second-order valence-corrected chi connectivity index (χ2v) is 10.1. The number of fused-ring (bicyclic) bond motifs is 1. The Morgan fingerprint density at radius 1 is 1.00 bits per heavy atom. The first kappa shape index (κ1) is 21.6. The van der Waals surface area contributed by atoms with Gasteiger partial charge in [-0.05, 0) is 43.3 Å². The zero-order valence-corrected chi connectivity index (χ0v) is 19.2. The molecule has 4 rings (SSSR count). The highest BCUT2D eigenvalue weighted by molar-refractivity contribution is 7.92. The predicted octanol–water partition coefficient (Wildman–Crippen LogP) is 5.96. The van der Waals surface area contributed by atoms with Crippen LogP contribution in [0, 0.1) is 6.92 Å². The number of hydrogen-bond donors (Lipinski definition) is 2. The van der Waals surface area contributed by atoms with Crippen molar-refractivity contribution in [2.45, 2.75) is 11.8 Å². The van der Waals surface area contributed by atoms with Gasteiger partial charge in [0.25, 0.3) is 15.9 Å². The predicted molar refractivity (Wildman–Crippen MR) is 126 cm³/mol. The fourth-order valence-corrected chi connectivity index (χ4v) is 5.21. The molecule has 10 heteroatoms. The van der Waals surface area contributed by atoms with Gasteiger partial charge in [-0.3, -0.25) is 14.8 Å². The van der Waals surface area contributed by atoms with E-state index in [0.29, 0.717) is 20.7 Å². The van der Waals surface area contributed by atoms with E-state index in [-0.39, 0.29) is 16.1 Å². The highest BCUT2D eigenvalue weighted by Gasteiger charge is 2.20. The molecule has 6 nitrogen and oxygen atoms in total. The summed E-state index contributed by atoms with van der Waals surface area (Å²) in [7, 11) is -3.86. The molecule has 0 aliphatic rings. The lowest BCUT2D eigenvalue weighted by atomic mass is 10.2. The van der Waals surface area contributed by atoms with Gasteiger partial charge in [-0.2, -0.15) is 0 Å². The molecular weight excluding hydrogens is 477 g/mol. The molecule has 0 saturated carbocycles. The fraction of sp³-hybridized carbons (Fsp3) is 0.0476. The maximum atomic E-state index is 12.9. The Hall–Kier alpha value is -2.65. The lowest BCUT2D eigenvalue weighted by Crippen LogP contribution is -2.18. The number of aryl methyl sites for hydroxylation is 1. The summed E-state index contributed by atoms with van der Waals surface area (Å²) in [6.07, 6.45) is 0. The van der Waals surface area contributed by atoms with Gasteiger partial charge in [0.15, 0.2) is 5.13 Å². The lowest BCUT2D eigenvalue weighted by molar-refractivity contribution is 0.102. The molecule has 0 radical (unpaired) electrons. The van der Waals surface area contributed by atoms with Crippen LogP contribution in [0.3, 0.4) is 0 Å². The molecule has 1 heterocycles. The largest absolute Gasteiger partial charge is 0.298 e. The van der Waals surface area contributed by atoms with E-state index in [4.69, 9.17) is 23.2 Å². The molecular formula is C21H15Cl2N3O3S2. The van der Waals surface area contributed by atoms with E-state index in [0.717, 1.165) is 10.3 Å². The highest BCUT2D eigenvalue weighted by Crippen LogP contribution is 2.35. The van der Waals surface area contributed by atoms with E-state index < -0.39 is 15.9 Å². The summed E-state index contributed by atoms with van der Waals surface area (Å²) >= 11 is 13.4. The zero-order chi connectivity index (χ0) is 22.2. The maximum absolute atomic E-state index is 12.9.